The molecule has 0 aromatic rings. The monoisotopic (exact) mass is 94.1 g/mol. The fraction of sp³-hybridized carbons (Fsp3) is 0.600. The van der Waals surface area contributed by atoms with Gasteiger partial charge in [-0.1, -0.05) is 13.0 Å². The normalized spacial score (nSPS) is 11.4. The van der Waals surface area contributed by atoms with E-state index in [0.29, 0.717) is 0 Å². The van der Waals surface area contributed by atoms with Crippen LogP contribution in [0.25, 0.3) is 0 Å². The lowest BCUT2D eigenvalue weighted by Crippen LogP contribution is -1.92. The van der Waals surface area contributed by atoms with Crippen molar-refractivity contribution in [1.29, 1.82) is 0 Å². The predicted molar refractivity (Wildman–Crippen MR) is 39.7 cm³/mol. The number of hydrogen-bond donors (Lipinski definition) is 0. The van der Waals surface area contributed by atoms with Crippen LogP contribution in [0.1, 0.15) is 20.3 Å². The predicted octanol–water partition coefficient (Wildman–Crippen LogP) is 0.285. The highest BCUT2D eigenvalue weighted by Gasteiger charge is 1.84. The molecule has 0 nitrogen and oxygen atoms in total. The highest BCUT2D eigenvalue weighted by atomic mass is 13.7. The lowest BCUT2D eigenvalue weighted by atomic mass is 9.50. The van der Waals surface area contributed by atoms with Gasteiger partial charge in [-0.2, -0.15) is 0 Å². The van der Waals surface area contributed by atoms with E-state index < -0.39 is 0 Å². The highest BCUT2D eigenvalue weighted by molar-refractivity contribution is 6.93. The van der Waals surface area contributed by atoms with Gasteiger partial charge < -0.3 is 0 Å². The molecule has 38 valence electrons. The van der Waals surface area contributed by atoms with Crippen LogP contribution in [0.2, 0.25) is 0 Å². The van der Waals surface area contributed by atoms with Crippen LogP contribution in [0.15, 0.2) is 11.5 Å². The second-order valence-electron chi connectivity index (χ2n) is 1.65. The summed E-state index contributed by atoms with van der Waals surface area (Å²) < 4.78 is 0. The maximum Gasteiger partial charge on any atom is 0.113 e. The first-order chi connectivity index (χ1) is 3.35. The van der Waals surface area contributed by atoms with Gasteiger partial charge in [0.05, 0.1) is 7.74 Å². The molecule has 2 heteroatoms. The third-order valence-corrected chi connectivity index (χ3v) is 1.32. The van der Waals surface area contributed by atoms with Gasteiger partial charge in [-0.05, 0) is 13.3 Å². The second kappa shape index (κ2) is 4.04. The lowest BCUT2D eigenvalue weighted by molar-refractivity contribution is 1.18. The molecular weight excluding hydrogens is 81.7 g/mol. The average Bonchev–Trinajstić information content (AvgIpc) is 1.72. The molecule has 0 aromatic heterocycles. The molecule has 0 saturated carbocycles. The largest absolute Gasteiger partial charge is 0.119 e. The molecule has 0 unspecified atom stereocenters. The molecule has 0 bridgehead atoms. The van der Waals surface area contributed by atoms with E-state index in [4.69, 9.17) is 0 Å². The van der Waals surface area contributed by atoms with Gasteiger partial charge in [0.15, 0.2) is 0 Å². The zero-order valence-electron chi connectivity index (χ0n) is 5.49. The van der Waals surface area contributed by atoms with Crippen molar-refractivity contribution in [3.63, 3.8) is 0 Å². The Kier molecular flexibility index (Phi) is 3.97. The SMILES string of the molecule is BB/C(=C/C)CC. The van der Waals surface area contributed by atoms with Crippen molar-refractivity contribution >= 4 is 14.9 Å². The van der Waals surface area contributed by atoms with E-state index in [9.17, 15) is 0 Å². The summed E-state index contributed by atoms with van der Waals surface area (Å²) in [5.41, 5.74) is 1.56. The Morgan fingerprint density at radius 3 is 2.43 bits per heavy atom. The fourth-order valence-corrected chi connectivity index (χ4v) is 0.658. The first-order valence-corrected chi connectivity index (χ1v) is 2.99. The van der Waals surface area contributed by atoms with Crippen LogP contribution in [0.4, 0.5) is 0 Å². The van der Waals surface area contributed by atoms with Gasteiger partial charge in [0.2, 0.25) is 0 Å². The van der Waals surface area contributed by atoms with Crippen molar-refractivity contribution in [2.45, 2.75) is 20.3 Å². The molecule has 0 N–H and O–H groups in total. The van der Waals surface area contributed by atoms with Crippen LogP contribution in [0, 0.1) is 0 Å². The zero-order valence-corrected chi connectivity index (χ0v) is 5.49. The third kappa shape index (κ3) is 2.55. The molecule has 0 spiro atoms. The van der Waals surface area contributed by atoms with E-state index in [2.05, 4.69) is 27.7 Å². The molecule has 0 amide bonds. The quantitative estimate of drug-likeness (QED) is 0.431. The van der Waals surface area contributed by atoms with E-state index in [1.807, 2.05) is 0 Å². The summed E-state index contributed by atoms with van der Waals surface area (Å²) in [5.74, 6) is 0. The Morgan fingerprint density at radius 2 is 2.43 bits per heavy atom. The summed E-state index contributed by atoms with van der Waals surface area (Å²) in [5, 5.41) is 0. The molecule has 0 aliphatic carbocycles. The van der Waals surface area contributed by atoms with Crippen molar-refractivity contribution in [2.24, 2.45) is 0 Å². The molecule has 0 aliphatic rings. The van der Waals surface area contributed by atoms with E-state index in [1.54, 1.807) is 5.47 Å². The van der Waals surface area contributed by atoms with Crippen molar-refractivity contribution in [3.8, 4) is 0 Å². The maximum atomic E-state index is 2.19. The molecule has 0 aromatic carbocycles. The molecule has 7 heavy (non-hydrogen) atoms. The Balaban J connectivity index is 3.38. The Labute approximate surface area is 47.6 Å². The van der Waals surface area contributed by atoms with E-state index in [-0.39, 0.29) is 0 Å². The van der Waals surface area contributed by atoms with Gasteiger partial charge in [-0.25, -0.2) is 0 Å². The average molecular weight is 93.8 g/mol. The van der Waals surface area contributed by atoms with Crippen molar-refractivity contribution < 1.29 is 0 Å². The molecule has 0 fully saturated rings. The van der Waals surface area contributed by atoms with Gasteiger partial charge in [0, 0.05) is 0 Å². The van der Waals surface area contributed by atoms with E-state index in [1.165, 1.54) is 13.6 Å². The molecule has 0 atom stereocenters. The van der Waals surface area contributed by atoms with Crippen LogP contribution in [-0.2, 0) is 0 Å². The van der Waals surface area contributed by atoms with Crippen LogP contribution in [-0.4, -0.2) is 14.9 Å². The number of hydrogen-bond acceptors (Lipinski definition) is 0. The van der Waals surface area contributed by atoms with Crippen molar-refractivity contribution in [3.05, 3.63) is 11.5 Å². The van der Waals surface area contributed by atoms with Crippen LogP contribution in [0.5, 0.6) is 0 Å². The fourth-order valence-electron chi connectivity index (χ4n) is 0.658. The van der Waals surface area contributed by atoms with E-state index >= 15 is 0 Å². The summed E-state index contributed by atoms with van der Waals surface area (Å²) in [4.78, 5) is 0. The van der Waals surface area contributed by atoms with Gasteiger partial charge in [-0.3, -0.25) is 0 Å². The minimum Gasteiger partial charge on any atom is -0.119 e. The Hall–Kier alpha value is -0.130. The van der Waals surface area contributed by atoms with Gasteiger partial charge in [-0.15, -0.1) is 5.47 Å². The summed E-state index contributed by atoms with van der Waals surface area (Å²) in [6.45, 7) is 4.29. The molecule has 0 radical (unpaired) electrons. The van der Waals surface area contributed by atoms with Crippen molar-refractivity contribution in [2.75, 3.05) is 0 Å². The molecular formula is C5H12B2. The third-order valence-electron chi connectivity index (χ3n) is 1.32. The smallest absolute Gasteiger partial charge is 0.113 e. The van der Waals surface area contributed by atoms with E-state index in [0.717, 1.165) is 0 Å². The molecule has 0 rings (SSSR count). The number of rotatable bonds is 2. The van der Waals surface area contributed by atoms with Crippen LogP contribution in [0.3, 0.4) is 0 Å². The molecule has 0 heterocycles. The standard InChI is InChI=1S/C5H12B2/c1-3-5(4-2)7-6/h3,7H,4,6H2,1-2H3/b5-3+. The second-order valence-corrected chi connectivity index (χ2v) is 1.65. The Bertz CT molecular complexity index is 60.5. The maximum absolute atomic E-state index is 2.19. The summed E-state index contributed by atoms with van der Waals surface area (Å²) >= 11 is 0. The highest BCUT2D eigenvalue weighted by Crippen LogP contribution is 1.93. The summed E-state index contributed by atoms with van der Waals surface area (Å²) in [7, 11) is 3.41. The van der Waals surface area contributed by atoms with Gasteiger partial charge >= 0.3 is 0 Å². The number of allylic oxidation sites excluding steroid dienone is 2. The zero-order chi connectivity index (χ0) is 5.70. The van der Waals surface area contributed by atoms with Gasteiger partial charge in [0.1, 0.15) is 7.17 Å². The summed E-state index contributed by atoms with van der Waals surface area (Å²) in [6.07, 6.45) is 3.41. The van der Waals surface area contributed by atoms with Crippen molar-refractivity contribution in [1.82, 2.24) is 0 Å². The first kappa shape index (κ1) is 6.87. The summed E-state index contributed by atoms with van der Waals surface area (Å²) in [6, 6.07) is 0. The lowest BCUT2D eigenvalue weighted by Gasteiger charge is -1.91. The van der Waals surface area contributed by atoms with Crippen LogP contribution < -0.4 is 0 Å². The molecule has 0 saturated heterocycles. The Morgan fingerprint density at radius 1 is 1.86 bits per heavy atom. The molecule has 0 aliphatic heterocycles. The van der Waals surface area contributed by atoms with Gasteiger partial charge in [0.25, 0.3) is 0 Å². The minimum atomic E-state index is 1.22. The first-order valence-electron chi connectivity index (χ1n) is 2.99. The topological polar surface area (TPSA) is 0 Å². The minimum absolute atomic E-state index is 1.22. The van der Waals surface area contributed by atoms with Crippen LogP contribution >= 0.6 is 0 Å².